The molecule has 0 aliphatic carbocycles. The molecule has 3 aliphatic rings. The van der Waals surface area contributed by atoms with E-state index in [1.807, 2.05) is 23.1 Å². The van der Waals surface area contributed by atoms with E-state index in [9.17, 15) is 13.2 Å². The maximum absolute atomic E-state index is 13.5. The number of fused-ring (bicyclic) bond motifs is 4. The predicted octanol–water partition coefficient (Wildman–Crippen LogP) is 4.42. The molecule has 5 rings (SSSR count). The molecule has 1 saturated heterocycles. The molecular weight excluding hydrogens is 450 g/mol. The first-order valence-electron chi connectivity index (χ1n) is 10.8. The molecule has 2 aromatic rings. The van der Waals surface area contributed by atoms with Crippen molar-refractivity contribution in [3.05, 3.63) is 46.5 Å². The Morgan fingerprint density at radius 1 is 1.03 bits per heavy atom. The maximum atomic E-state index is 13.5. The quantitative estimate of drug-likeness (QED) is 0.645. The molecule has 0 saturated carbocycles. The van der Waals surface area contributed by atoms with Crippen molar-refractivity contribution in [2.45, 2.75) is 43.4 Å². The summed E-state index contributed by atoms with van der Waals surface area (Å²) in [7, 11) is -2.29. The van der Waals surface area contributed by atoms with Crippen LogP contribution in [0.5, 0.6) is 5.75 Å². The van der Waals surface area contributed by atoms with E-state index in [0.29, 0.717) is 31.0 Å². The van der Waals surface area contributed by atoms with Crippen molar-refractivity contribution < 1.29 is 17.9 Å². The Kier molecular flexibility index (Phi) is 5.37. The van der Waals surface area contributed by atoms with Crippen molar-refractivity contribution in [3.63, 3.8) is 0 Å². The number of aryl methyl sites for hydroxylation is 1. The van der Waals surface area contributed by atoms with E-state index >= 15 is 0 Å². The smallest absolute Gasteiger partial charge is 0.286 e. The van der Waals surface area contributed by atoms with Crippen molar-refractivity contribution in [2.24, 2.45) is 4.40 Å². The predicted molar refractivity (Wildman–Crippen MR) is 125 cm³/mol. The number of amides is 1. The lowest BCUT2D eigenvalue weighted by Crippen LogP contribution is -2.37. The number of anilines is 2. The largest absolute Gasteiger partial charge is 0.497 e. The zero-order valence-electron chi connectivity index (χ0n) is 17.8. The molecule has 0 radical (unpaired) electrons. The highest BCUT2D eigenvalue weighted by molar-refractivity contribution is 7.90. The second kappa shape index (κ2) is 8.08. The van der Waals surface area contributed by atoms with Gasteiger partial charge in [-0.2, -0.15) is 8.42 Å². The molecule has 168 valence electrons. The number of carbonyl (C=O) groups is 1. The van der Waals surface area contributed by atoms with E-state index in [4.69, 9.17) is 16.3 Å². The van der Waals surface area contributed by atoms with E-state index in [1.165, 1.54) is 6.07 Å². The fourth-order valence-electron chi connectivity index (χ4n) is 4.72. The van der Waals surface area contributed by atoms with Crippen LogP contribution in [0, 0.1) is 0 Å². The lowest BCUT2D eigenvalue weighted by atomic mass is 10.00. The summed E-state index contributed by atoms with van der Waals surface area (Å²) in [5.41, 5.74) is 2.50. The number of carbonyl (C=O) groups excluding carboxylic acids is 1. The number of amidine groups is 1. The van der Waals surface area contributed by atoms with Crippen LogP contribution < -0.4 is 14.5 Å². The first kappa shape index (κ1) is 21.3. The Hall–Kier alpha value is -2.58. The van der Waals surface area contributed by atoms with Crippen molar-refractivity contribution in [1.82, 2.24) is 0 Å². The number of ether oxygens (including phenoxy) is 1. The van der Waals surface area contributed by atoms with E-state index in [0.717, 1.165) is 49.1 Å². The Labute approximate surface area is 192 Å². The van der Waals surface area contributed by atoms with Gasteiger partial charge in [-0.1, -0.05) is 18.0 Å². The van der Waals surface area contributed by atoms with Crippen LogP contribution in [0.25, 0.3) is 0 Å². The van der Waals surface area contributed by atoms with Crippen LogP contribution in [-0.2, 0) is 16.4 Å². The summed E-state index contributed by atoms with van der Waals surface area (Å²) in [6, 6.07) is 8.63. The van der Waals surface area contributed by atoms with E-state index < -0.39 is 10.0 Å². The van der Waals surface area contributed by atoms with Gasteiger partial charge in [0.1, 0.15) is 16.5 Å². The standard InChI is InChI=1S/C23H24ClN3O4S/c1-31-16-8-9-19-15(12-16)6-5-11-27(19)23(28)17-13-21-20(14-18(17)24)26-10-4-2-3-7-22(26)25-32(21,29)30/h8-9,12-14H,2-7,10-11H2,1H3. The molecule has 0 aromatic heterocycles. The molecule has 3 aliphatic heterocycles. The molecule has 0 spiro atoms. The normalized spacial score (nSPS) is 19.2. The Morgan fingerprint density at radius 3 is 2.69 bits per heavy atom. The third-order valence-corrected chi connectivity index (χ3v) is 7.96. The van der Waals surface area contributed by atoms with Gasteiger partial charge >= 0.3 is 0 Å². The third kappa shape index (κ3) is 3.55. The fraction of sp³-hybridized carbons (Fsp3) is 0.391. The van der Waals surface area contributed by atoms with Crippen molar-refractivity contribution in [1.29, 1.82) is 0 Å². The monoisotopic (exact) mass is 473 g/mol. The van der Waals surface area contributed by atoms with E-state index in [-0.39, 0.29) is 21.4 Å². The van der Waals surface area contributed by atoms with E-state index in [1.54, 1.807) is 18.1 Å². The average Bonchev–Trinajstić information content (AvgIpc) is 3.02. The number of benzene rings is 2. The Bertz CT molecular complexity index is 1240. The van der Waals surface area contributed by atoms with Gasteiger partial charge in [0.15, 0.2) is 0 Å². The number of hydrogen-bond acceptors (Lipinski definition) is 5. The van der Waals surface area contributed by atoms with Gasteiger partial charge in [-0.3, -0.25) is 4.79 Å². The summed E-state index contributed by atoms with van der Waals surface area (Å²) in [4.78, 5) is 17.2. The third-order valence-electron chi connectivity index (χ3n) is 6.32. The first-order valence-corrected chi connectivity index (χ1v) is 12.6. The summed E-state index contributed by atoms with van der Waals surface area (Å²) < 4.78 is 35.3. The molecule has 7 nitrogen and oxygen atoms in total. The lowest BCUT2D eigenvalue weighted by Gasteiger charge is -2.32. The van der Waals surface area contributed by atoms with Gasteiger partial charge in [-0.15, -0.1) is 4.40 Å². The minimum atomic E-state index is -3.90. The summed E-state index contributed by atoms with van der Waals surface area (Å²) in [5, 5.41) is 0.245. The molecule has 3 heterocycles. The van der Waals surface area contributed by atoms with Gasteiger partial charge in [0.2, 0.25) is 0 Å². The van der Waals surface area contributed by atoms with Gasteiger partial charge in [0.05, 0.1) is 23.4 Å². The maximum Gasteiger partial charge on any atom is 0.286 e. The number of hydrogen-bond donors (Lipinski definition) is 0. The molecule has 32 heavy (non-hydrogen) atoms. The number of methoxy groups -OCH3 is 1. The molecule has 2 aromatic carbocycles. The van der Waals surface area contributed by atoms with Crippen molar-refractivity contribution in [2.75, 3.05) is 30.0 Å². The molecule has 0 bridgehead atoms. The molecular formula is C23H24ClN3O4S. The SMILES string of the molecule is COc1ccc2c(c1)CCCN2C(=O)c1cc2c(cc1Cl)N1CCCCCC1=NS2(=O)=O. The average molecular weight is 474 g/mol. The van der Waals surface area contributed by atoms with Crippen LogP contribution in [0.4, 0.5) is 11.4 Å². The van der Waals surface area contributed by atoms with Crippen LogP contribution >= 0.6 is 11.6 Å². The molecule has 1 fully saturated rings. The van der Waals surface area contributed by atoms with Crippen molar-refractivity contribution >= 4 is 44.7 Å². The molecule has 1 amide bonds. The second-order valence-corrected chi connectivity index (χ2v) is 10.3. The molecule has 0 N–H and O–H groups in total. The van der Waals surface area contributed by atoms with Crippen molar-refractivity contribution in [3.8, 4) is 5.75 Å². The van der Waals surface area contributed by atoms with Crippen LogP contribution in [0.1, 0.15) is 48.0 Å². The molecule has 9 heteroatoms. The molecule has 0 atom stereocenters. The highest BCUT2D eigenvalue weighted by Gasteiger charge is 2.34. The fourth-order valence-corrected chi connectivity index (χ4v) is 6.22. The van der Waals surface area contributed by atoms with Gasteiger partial charge in [-0.25, -0.2) is 0 Å². The lowest BCUT2D eigenvalue weighted by molar-refractivity contribution is 0.0985. The van der Waals surface area contributed by atoms with E-state index in [2.05, 4.69) is 4.40 Å². The van der Waals surface area contributed by atoms with Crippen LogP contribution in [-0.4, -0.2) is 40.4 Å². The van der Waals surface area contributed by atoms with Gasteiger partial charge in [0.25, 0.3) is 15.9 Å². The van der Waals surface area contributed by atoms with Crippen LogP contribution in [0.2, 0.25) is 5.02 Å². The number of sulfonamides is 1. The summed E-state index contributed by atoms with van der Waals surface area (Å²) in [6.45, 7) is 1.22. The first-order chi connectivity index (χ1) is 15.4. The number of rotatable bonds is 2. The van der Waals surface area contributed by atoms with Gasteiger partial charge in [-0.05, 0) is 61.6 Å². The summed E-state index contributed by atoms with van der Waals surface area (Å²) >= 11 is 6.59. The second-order valence-electron chi connectivity index (χ2n) is 8.30. The van der Waals surface area contributed by atoms with Gasteiger partial charge in [0, 0.05) is 25.2 Å². The van der Waals surface area contributed by atoms with Crippen LogP contribution in [0.3, 0.4) is 0 Å². The topological polar surface area (TPSA) is 79.3 Å². The Morgan fingerprint density at radius 2 is 1.88 bits per heavy atom. The minimum Gasteiger partial charge on any atom is -0.497 e. The zero-order valence-corrected chi connectivity index (χ0v) is 19.4. The number of halogens is 1. The zero-order chi connectivity index (χ0) is 22.5. The highest BCUT2D eigenvalue weighted by Crippen LogP contribution is 2.39. The van der Waals surface area contributed by atoms with Crippen LogP contribution in [0.15, 0.2) is 39.6 Å². The molecule has 0 unspecified atom stereocenters. The highest BCUT2D eigenvalue weighted by atomic mass is 35.5. The van der Waals surface area contributed by atoms with Gasteiger partial charge < -0.3 is 14.5 Å². The minimum absolute atomic E-state index is 0.0443. The summed E-state index contributed by atoms with van der Waals surface area (Å²) in [5.74, 6) is 0.982. The Balaban J connectivity index is 1.57. The summed E-state index contributed by atoms with van der Waals surface area (Å²) in [6.07, 6.45) is 5.14. The number of nitrogens with zero attached hydrogens (tertiary/aromatic N) is 3.